The van der Waals surface area contributed by atoms with Crippen molar-refractivity contribution in [2.45, 2.75) is 30.2 Å². The van der Waals surface area contributed by atoms with Gasteiger partial charge in [-0.05, 0) is 43.9 Å². The number of nitrogens with one attached hydrogen (secondary N) is 1. The summed E-state index contributed by atoms with van der Waals surface area (Å²) in [7, 11) is -3.91. The van der Waals surface area contributed by atoms with Gasteiger partial charge in [0.1, 0.15) is 5.54 Å². The highest BCUT2D eigenvalue weighted by Gasteiger charge is 2.50. The van der Waals surface area contributed by atoms with Gasteiger partial charge in [0.2, 0.25) is 10.0 Å². The number of aliphatic carboxylic acids is 1. The maximum atomic E-state index is 12.2. The largest absolute Gasteiger partial charge is 0.480 e. The van der Waals surface area contributed by atoms with Crippen LogP contribution in [0.3, 0.4) is 0 Å². The van der Waals surface area contributed by atoms with E-state index in [0.29, 0.717) is 12.8 Å². The van der Waals surface area contributed by atoms with E-state index in [1.165, 1.54) is 25.1 Å². The average Bonchev–Trinajstić information content (AvgIpc) is 3.12. The Balaban J connectivity index is 2.33. The molecule has 1 aliphatic rings. The second kappa shape index (κ2) is 4.77. The number of hydrogen-bond donors (Lipinski definition) is 2. The summed E-state index contributed by atoms with van der Waals surface area (Å²) in [5.74, 6) is -1.33. The van der Waals surface area contributed by atoms with Crippen LogP contribution in [0.4, 0.5) is 0 Å². The predicted octanol–water partition coefficient (Wildman–Crippen LogP) is 1.87. The first-order chi connectivity index (χ1) is 8.75. The highest BCUT2D eigenvalue weighted by molar-refractivity contribution is 7.89. The molecule has 0 aromatic heterocycles. The summed E-state index contributed by atoms with van der Waals surface area (Å²) in [5.41, 5.74) is -1.47. The zero-order valence-corrected chi connectivity index (χ0v) is 11.8. The molecule has 19 heavy (non-hydrogen) atoms. The Morgan fingerprint density at radius 1 is 1.47 bits per heavy atom. The summed E-state index contributed by atoms with van der Waals surface area (Å²) in [6.45, 7) is 1.40. The van der Waals surface area contributed by atoms with E-state index >= 15 is 0 Å². The van der Waals surface area contributed by atoms with Crippen LogP contribution in [0.1, 0.15) is 19.8 Å². The molecular weight excluding hydrogens is 290 g/mol. The van der Waals surface area contributed by atoms with Crippen LogP contribution in [-0.2, 0) is 14.8 Å². The van der Waals surface area contributed by atoms with E-state index in [0.717, 1.165) is 0 Å². The molecule has 1 aliphatic carbocycles. The van der Waals surface area contributed by atoms with Crippen LogP contribution in [0.5, 0.6) is 0 Å². The van der Waals surface area contributed by atoms with E-state index in [1.807, 2.05) is 0 Å². The molecule has 1 fully saturated rings. The van der Waals surface area contributed by atoms with Gasteiger partial charge in [-0.25, -0.2) is 8.42 Å². The van der Waals surface area contributed by atoms with Gasteiger partial charge in [0, 0.05) is 5.02 Å². The summed E-state index contributed by atoms with van der Waals surface area (Å²) >= 11 is 5.75. The Bertz CT molecular complexity index is 612. The molecule has 1 aromatic carbocycles. The first-order valence-corrected chi connectivity index (χ1v) is 7.65. The molecule has 0 aliphatic heterocycles. The lowest BCUT2D eigenvalue weighted by Crippen LogP contribution is -2.53. The fraction of sp³-hybridized carbons (Fsp3) is 0.417. The van der Waals surface area contributed by atoms with Gasteiger partial charge in [0.25, 0.3) is 0 Å². The van der Waals surface area contributed by atoms with E-state index in [4.69, 9.17) is 11.6 Å². The molecule has 0 heterocycles. The van der Waals surface area contributed by atoms with Gasteiger partial charge in [-0.1, -0.05) is 17.7 Å². The molecule has 104 valence electrons. The standard InChI is InChI=1S/C12H14ClNO4S/c1-12(11(15)16,8-5-6-8)14-19(17,18)10-4-2-3-9(13)7-10/h2-4,7-8,14H,5-6H2,1H3,(H,15,16). The fourth-order valence-electron chi connectivity index (χ4n) is 1.93. The van der Waals surface area contributed by atoms with Crippen LogP contribution in [0, 0.1) is 5.92 Å². The lowest BCUT2D eigenvalue weighted by Gasteiger charge is -2.25. The second-order valence-corrected chi connectivity index (χ2v) is 6.96. The maximum absolute atomic E-state index is 12.2. The Morgan fingerprint density at radius 3 is 2.58 bits per heavy atom. The van der Waals surface area contributed by atoms with Gasteiger partial charge in [-0.2, -0.15) is 4.72 Å². The highest BCUT2D eigenvalue weighted by atomic mass is 35.5. The molecule has 0 bridgehead atoms. The Kier molecular flexibility index (Phi) is 3.59. The van der Waals surface area contributed by atoms with E-state index in [-0.39, 0.29) is 15.8 Å². The van der Waals surface area contributed by atoms with Gasteiger partial charge in [0.05, 0.1) is 4.90 Å². The van der Waals surface area contributed by atoms with Crippen molar-refractivity contribution >= 4 is 27.6 Å². The molecule has 5 nitrogen and oxygen atoms in total. The number of benzene rings is 1. The smallest absolute Gasteiger partial charge is 0.324 e. The highest BCUT2D eigenvalue weighted by Crippen LogP contribution is 2.40. The number of halogens is 1. The number of hydrogen-bond acceptors (Lipinski definition) is 3. The summed E-state index contributed by atoms with van der Waals surface area (Å²) in [4.78, 5) is 11.3. The van der Waals surface area contributed by atoms with Crippen molar-refractivity contribution in [1.29, 1.82) is 0 Å². The van der Waals surface area contributed by atoms with Gasteiger partial charge in [-0.15, -0.1) is 0 Å². The Labute approximate surface area is 116 Å². The molecule has 2 N–H and O–H groups in total. The van der Waals surface area contributed by atoms with Crippen LogP contribution in [-0.4, -0.2) is 25.0 Å². The summed E-state index contributed by atoms with van der Waals surface area (Å²) in [6, 6.07) is 5.73. The molecular formula is C12H14ClNO4S. The molecule has 0 radical (unpaired) electrons. The molecule has 1 saturated carbocycles. The normalized spacial score (nSPS) is 18.8. The summed E-state index contributed by atoms with van der Waals surface area (Å²) < 4.78 is 26.7. The molecule has 1 atom stereocenters. The molecule has 2 rings (SSSR count). The molecule has 1 aromatic rings. The SMILES string of the molecule is CC(NS(=O)(=O)c1cccc(Cl)c1)(C(=O)O)C1CC1. The van der Waals surface area contributed by atoms with E-state index in [9.17, 15) is 18.3 Å². The van der Waals surface area contributed by atoms with Crippen LogP contribution in [0.2, 0.25) is 5.02 Å². The van der Waals surface area contributed by atoms with Crippen molar-refractivity contribution in [3.05, 3.63) is 29.3 Å². The van der Waals surface area contributed by atoms with Gasteiger partial charge in [0.15, 0.2) is 0 Å². The number of carboxylic acids is 1. The summed E-state index contributed by atoms with van der Waals surface area (Å²) in [6.07, 6.45) is 1.42. The predicted molar refractivity (Wildman–Crippen MR) is 70.5 cm³/mol. The topological polar surface area (TPSA) is 83.5 Å². The lowest BCUT2D eigenvalue weighted by molar-refractivity contribution is -0.144. The number of rotatable bonds is 5. The second-order valence-electron chi connectivity index (χ2n) is 4.84. The monoisotopic (exact) mass is 303 g/mol. The quantitative estimate of drug-likeness (QED) is 0.870. The molecule has 7 heteroatoms. The first-order valence-electron chi connectivity index (χ1n) is 5.78. The van der Waals surface area contributed by atoms with E-state index in [2.05, 4.69) is 4.72 Å². The van der Waals surface area contributed by atoms with Crippen LogP contribution in [0.25, 0.3) is 0 Å². The Morgan fingerprint density at radius 2 is 2.11 bits per heavy atom. The van der Waals surface area contributed by atoms with Crippen molar-refractivity contribution in [3.8, 4) is 0 Å². The van der Waals surface area contributed by atoms with E-state index < -0.39 is 21.5 Å². The zero-order valence-electron chi connectivity index (χ0n) is 10.3. The average molecular weight is 304 g/mol. The molecule has 1 unspecified atom stereocenters. The Hall–Kier alpha value is -1.11. The van der Waals surface area contributed by atoms with Gasteiger partial charge in [-0.3, -0.25) is 4.79 Å². The van der Waals surface area contributed by atoms with Crippen LogP contribution < -0.4 is 4.72 Å². The zero-order chi connectivity index (χ0) is 14.3. The van der Waals surface area contributed by atoms with Crippen molar-refractivity contribution < 1.29 is 18.3 Å². The third-order valence-electron chi connectivity index (χ3n) is 3.29. The molecule has 0 spiro atoms. The third kappa shape index (κ3) is 2.91. The minimum absolute atomic E-state index is 0.0341. The summed E-state index contributed by atoms with van der Waals surface area (Å²) in [5, 5.41) is 9.54. The number of carboxylic acid groups (broad SMARTS) is 1. The van der Waals surface area contributed by atoms with Crippen molar-refractivity contribution in [1.82, 2.24) is 4.72 Å². The minimum Gasteiger partial charge on any atom is -0.480 e. The van der Waals surface area contributed by atoms with Gasteiger partial charge < -0.3 is 5.11 Å². The van der Waals surface area contributed by atoms with Gasteiger partial charge >= 0.3 is 5.97 Å². The number of sulfonamides is 1. The van der Waals surface area contributed by atoms with Crippen LogP contribution >= 0.6 is 11.6 Å². The minimum atomic E-state index is -3.91. The van der Waals surface area contributed by atoms with Crippen molar-refractivity contribution in [2.24, 2.45) is 5.92 Å². The van der Waals surface area contributed by atoms with Crippen LogP contribution in [0.15, 0.2) is 29.2 Å². The molecule has 0 amide bonds. The lowest BCUT2D eigenvalue weighted by atomic mass is 9.98. The third-order valence-corrected chi connectivity index (χ3v) is 5.09. The number of carbonyl (C=O) groups is 1. The maximum Gasteiger partial charge on any atom is 0.324 e. The van der Waals surface area contributed by atoms with Crippen molar-refractivity contribution in [3.63, 3.8) is 0 Å². The molecule has 0 saturated heterocycles. The first kappa shape index (κ1) is 14.3. The fourth-order valence-corrected chi connectivity index (χ4v) is 3.66. The van der Waals surface area contributed by atoms with Crippen molar-refractivity contribution in [2.75, 3.05) is 0 Å². The van der Waals surface area contributed by atoms with E-state index in [1.54, 1.807) is 6.07 Å².